The number of halogens is 1. The Kier molecular flexibility index (Phi) is 7.88. The molecule has 0 saturated heterocycles. The first-order valence-electron chi connectivity index (χ1n) is 9.88. The number of nitro groups is 1. The molecule has 0 radical (unpaired) electrons. The van der Waals surface area contributed by atoms with Crippen LogP contribution in [-0.4, -0.2) is 35.1 Å². The fourth-order valence-corrected chi connectivity index (χ4v) is 3.11. The SMILES string of the molecule is O=C(COC(=O)[C@@H](CC(=O)c1ccccc1)Nc1ccc(Cl)cc1)c1cccc([N+](=O)[O-])c1. The van der Waals surface area contributed by atoms with Crippen molar-refractivity contribution in [2.75, 3.05) is 11.9 Å². The number of nitro benzene ring substituents is 1. The minimum Gasteiger partial charge on any atom is -0.456 e. The van der Waals surface area contributed by atoms with Gasteiger partial charge in [-0.1, -0.05) is 54.1 Å². The highest BCUT2D eigenvalue weighted by molar-refractivity contribution is 6.30. The smallest absolute Gasteiger partial charge is 0.329 e. The van der Waals surface area contributed by atoms with Crippen molar-refractivity contribution in [1.82, 2.24) is 0 Å². The first-order chi connectivity index (χ1) is 15.8. The summed E-state index contributed by atoms with van der Waals surface area (Å²) in [6, 6.07) is 19.1. The summed E-state index contributed by atoms with van der Waals surface area (Å²) in [5.41, 5.74) is 0.760. The van der Waals surface area contributed by atoms with Crippen molar-refractivity contribution in [3.63, 3.8) is 0 Å². The average Bonchev–Trinajstić information content (AvgIpc) is 2.83. The van der Waals surface area contributed by atoms with Crippen molar-refractivity contribution in [3.05, 3.63) is 105 Å². The van der Waals surface area contributed by atoms with E-state index in [4.69, 9.17) is 16.3 Å². The molecule has 0 spiro atoms. The van der Waals surface area contributed by atoms with Crippen LogP contribution in [0.25, 0.3) is 0 Å². The lowest BCUT2D eigenvalue weighted by Crippen LogP contribution is -2.34. The van der Waals surface area contributed by atoms with E-state index in [0.29, 0.717) is 16.3 Å². The van der Waals surface area contributed by atoms with Gasteiger partial charge in [-0.15, -0.1) is 0 Å². The first-order valence-corrected chi connectivity index (χ1v) is 10.3. The van der Waals surface area contributed by atoms with Gasteiger partial charge in [-0.25, -0.2) is 4.79 Å². The van der Waals surface area contributed by atoms with Crippen LogP contribution in [0.2, 0.25) is 5.02 Å². The fourth-order valence-electron chi connectivity index (χ4n) is 2.98. The van der Waals surface area contributed by atoms with Gasteiger partial charge in [0.15, 0.2) is 12.4 Å². The van der Waals surface area contributed by atoms with Crippen LogP contribution in [0.3, 0.4) is 0 Å². The molecule has 0 aliphatic heterocycles. The molecular formula is C24H19ClN2O6. The average molecular weight is 467 g/mol. The summed E-state index contributed by atoms with van der Waals surface area (Å²) in [6.07, 6.45) is -0.212. The maximum absolute atomic E-state index is 12.8. The second-order valence-corrected chi connectivity index (χ2v) is 7.47. The number of nitrogens with zero attached hydrogens (tertiary/aromatic N) is 1. The van der Waals surface area contributed by atoms with Gasteiger partial charge in [0.25, 0.3) is 5.69 Å². The Balaban J connectivity index is 1.71. The number of ketones is 2. The minimum atomic E-state index is -1.07. The summed E-state index contributed by atoms with van der Waals surface area (Å²) >= 11 is 5.90. The van der Waals surface area contributed by atoms with Crippen molar-refractivity contribution in [2.45, 2.75) is 12.5 Å². The van der Waals surface area contributed by atoms with Crippen molar-refractivity contribution in [1.29, 1.82) is 0 Å². The predicted octanol–water partition coefficient (Wildman–Crippen LogP) is 4.73. The second-order valence-electron chi connectivity index (χ2n) is 7.04. The van der Waals surface area contributed by atoms with Crippen LogP contribution in [0.15, 0.2) is 78.9 Å². The number of anilines is 1. The van der Waals surface area contributed by atoms with Crippen LogP contribution in [0, 0.1) is 10.1 Å². The van der Waals surface area contributed by atoms with Gasteiger partial charge in [-0.2, -0.15) is 0 Å². The number of benzene rings is 3. The van der Waals surface area contributed by atoms with E-state index in [0.717, 1.165) is 6.07 Å². The normalized spacial score (nSPS) is 11.3. The number of nitrogens with one attached hydrogen (secondary N) is 1. The van der Waals surface area contributed by atoms with Crippen LogP contribution in [0.1, 0.15) is 27.1 Å². The van der Waals surface area contributed by atoms with Crippen molar-refractivity contribution in [3.8, 4) is 0 Å². The molecule has 3 rings (SSSR count). The molecule has 0 bridgehead atoms. The van der Waals surface area contributed by atoms with E-state index in [9.17, 15) is 24.5 Å². The molecule has 0 aromatic heterocycles. The van der Waals surface area contributed by atoms with Crippen molar-refractivity contribution < 1.29 is 24.0 Å². The lowest BCUT2D eigenvalue weighted by atomic mass is 10.0. The summed E-state index contributed by atoms with van der Waals surface area (Å²) in [7, 11) is 0. The van der Waals surface area contributed by atoms with Gasteiger partial charge >= 0.3 is 5.97 Å². The predicted molar refractivity (Wildman–Crippen MR) is 123 cm³/mol. The van der Waals surface area contributed by atoms with E-state index < -0.39 is 29.3 Å². The molecule has 3 aromatic rings. The lowest BCUT2D eigenvalue weighted by molar-refractivity contribution is -0.384. The fraction of sp³-hybridized carbons (Fsp3) is 0.125. The second kappa shape index (κ2) is 11.0. The number of rotatable bonds is 10. The van der Waals surface area contributed by atoms with Crippen molar-refractivity contribution >= 4 is 40.5 Å². The van der Waals surface area contributed by atoms with Crippen LogP contribution in [-0.2, 0) is 9.53 Å². The number of hydrogen-bond acceptors (Lipinski definition) is 7. The van der Waals surface area contributed by atoms with Crippen molar-refractivity contribution in [2.24, 2.45) is 0 Å². The van der Waals surface area contributed by atoms with Crippen LogP contribution in [0.5, 0.6) is 0 Å². The highest BCUT2D eigenvalue weighted by Crippen LogP contribution is 2.18. The summed E-state index contributed by atoms with van der Waals surface area (Å²) in [4.78, 5) is 48.1. The molecule has 3 aromatic carbocycles. The molecule has 0 saturated carbocycles. The molecule has 9 heteroatoms. The molecule has 1 atom stereocenters. The van der Waals surface area contributed by atoms with Crippen LogP contribution in [0.4, 0.5) is 11.4 Å². The van der Waals surface area contributed by atoms with E-state index in [2.05, 4.69) is 5.32 Å². The van der Waals surface area contributed by atoms with Gasteiger partial charge in [0.05, 0.1) is 4.92 Å². The largest absolute Gasteiger partial charge is 0.456 e. The quantitative estimate of drug-likeness (QED) is 0.199. The number of ether oxygens (including phenoxy) is 1. The third-order valence-electron chi connectivity index (χ3n) is 4.68. The summed E-state index contributed by atoms with van der Waals surface area (Å²) < 4.78 is 5.15. The third kappa shape index (κ3) is 6.72. The standard InChI is InChI=1S/C24H19ClN2O6/c25-18-9-11-19(12-10-18)26-21(14-22(28)16-5-2-1-3-6-16)24(30)33-15-23(29)17-7-4-8-20(13-17)27(31)32/h1-13,21,26H,14-15H2/t21-/m1/s1. The molecule has 8 nitrogen and oxygen atoms in total. The zero-order chi connectivity index (χ0) is 23.8. The number of esters is 1. The van der Waals surface area contributed by atoms with E-state index in [-0.39, 0.29) is 23.5 Å². The Bertz CT molecular complexity index is 1170. The number of Topliss-reactive ketones (excluding diaryl/α,β-unsaturated/α-hetero) is 2. The molecular weight excluding hydrogens is 448 g/mol. The number of hydrogen-bond donors (Lipinski definition) is 1. The Hall–Kier alpha value is -4.04. The van der Waals surface area contributed by atoms with Gasteiger partial charge in [0, 0.05) is 40.4 Å². The lowest BCUT2D eigenvalue weighted by Gasteiger charge is -2.18. The number of non-ortho nitro benzene ring substituents is 1. The van der Waals surface area contributed by atoms with Crippen LogP contribution < -0.4 is 5.32 Å². The molecule has 0 aliphatic rings. The maximum atomic E-state index is 12.8. The Labute approximate surface area is 194 Å². The number of carbonyl (C=O) groups excluding carboxylic acids is 3. The van der Waals surface area contributed by atoms with Gasteiger partial charge < -0.3 is 10.1 Å². The Morgan fingerprint density at radius 1 is 0.909 bits per heavy atom. The topological polar surface area (TPSA) is 116 Å². The molecule has 0 amide bonds. The zero-order valence-corrected chi connectivity index (χ0v) is 18.0. The highest BCUT2D eigenvalue weighted by atomic mass is 35.5. The van der Waals surface area contributed by atoms with E-state index in [1.165, 1.54) is 18.2 Å². The molecule has 0 heterocycles. The Morgan fingerprint density at radius 2 is 1.58 bits per heavy atom. The molecule has 0 fully saturated rings. The molecule has 0 aliphatic carbocycles. The van der Waals surface area contributed by atoms with Gasteiger partial charge in [-0.3, -0.25) is 19.7 Å². The summed E-state index contributed by atoms with van der Waals surface area (Å²) in [5, 5.41) is 14.3. The third-order valence-corrected chi connectivity index (χ3v) is 4.93. The maximum Gasteiger partial charge on any atom is 0.329 e. The summed E-state index contributed by atoms with van der Waals surface area (Å²) in [5.74, 6) is -1.70. The van der Waals surface area contributed by atoms with E-state index in [1.54, 1.807) is 54.6 Å². The molecule has 0 unspecified atom stereocenters. The van der Waals surface area contributed by atoms with Gasteiger partial charge in [0.2, 0.25) is 5.78 Å². The minimum absolute atomic E-state index is 0.0413. The van der Waals surface area contributed by atoms with Crippen LogP contribution >= 0.6 is 11.6 Å². The zero-order valence-electron chi connectivity index (χ0n) is 17.3. The highest BCUT2D eigenvalue weighted by Gasteiger charge is 2.25. The van der Waals surface area contributed by atoms with Gasteiger partial charge in [-0.05, 0) is 24.3 Å². The number of carbonyl (C=O) groups is 3. The summed E-state index contributed by atoms with van der Waals surface area (Å²) in [6.45, 7) is -0.627. The monoisotopic (exact) mass is 466 g/mol. The molecule has 1 N–H and O–H groups in total. The first kappa shape index (κ1) is 23.6. The van der Waals surface area contributed by atoms with E-state index in [1.807, 2.05) is 0 Å². The Morgan fingerprint density at radius 3 is 2.24 bits per heavy atom. The van der Waals surface area contributed by atoms with E-state index >= 15 is 0 Å². The van der Waals surface area contributed by atoms with Gasteiger partial charge in [0.1, 0.15) is 6.04 Å². The molecule has 168 valence electrons. The molecule has 33 heavy (non-hydrogen) atoms.